The van der Waals surface area contributed by atoms with E-state index in [1.165, 1.54) is 43.5 Å². The number of nitrogens with one attached hydrogen (secondary N) is 3. The smallest absolute Gasteiger partial charge is 0.252 e. The van der Waals surface area contributed by atoms with Gasteiger partial charge in [0.1, 0.15) is 0 Å². The minimum atomic E-state index is -0.127. The monoisotopic (exact) mass is 536 g/mol. The number of rotatable bonds is 8. The van der Waals surface area contributed by atoms with Crippen molar-refractivity contribution in [2.75, 3.05) is 33.2 Å². The summed E-state index contributed by atoms with van der Waals surface area (Å²) in [5.41, 5.74) is 3.14. The molecule has 0 radical (unpaired) electrons. The summed E-state index contributed by atoms with van der Waals surface area (Å²) < 4.78 is 0. The predicted molar refractivity (Wildman–Crippen MR) is 136 cm³/mol. The molecule has 31 heavy (non-hydrogen) atoms. The summed E-state index contributed by atoms with van der Waals surface area (Å²) in [5, 5.41) is 9.39. The van der Waals surface area contributed by atoms with Gasteiger partial charge in [-0.05, 0) is 49.2 Å². The first-order valence-corrected chi connectivity index (χ1v) is 10.7. The third kappa shape index (κ3) is 8.82. The van der Waals surface area contributed by atoms with Crippen LogP contribution in [-0.2, 0) is 13.1 Å². The second kappa shape index (κ2) is 14.0. The van der Waals surface area contributed by atoms with Crippen LogP contribution in [0.1, 0.15) is 40.7 Å². The van der Waals surface area contributed by atoms with Gasteiger partial charge in [-0.3, -0.25) is 19.7 Å². The van der Waals surface area contributed by atoms with E-state index in [9.17, 15) is 4.79 Å². The molecule has 3 N–H and O–H groups in total. The zero-order valence-electron chi connectivity index (χ0n) is 18.1. The first-order valence-electron chi connectivity index (χ1n) is 10.7. The van der Waals surface area contributed by atoms with Gasteiger partial charge in [0.25, 0.3) is 5.91 Å². The van der Waals surface area contributed by atoms with Crippen LogP contribution in [-0.4, -0.2) is 55.0 Å². The molecule has 1 aliphatic heterocycles. The van der Waals surface area contributed by atoms with E-state index >= 15 is 0 Å². The van der Waals surface area contributed by atoms with Crippen LogP contribution in [0, 0.1) is 0 Å². The molecule has 7 nitrogen and oxygen atoms in total. The van der Waals surface area contributed by atoms with Crippen molar-refractivity contribution in [2.45, 2.75) is 32.4 Å². The number of pyridine rings is 1. The second-order valence-corrected chi connectivity index (χ2v) is 7.50. The average molecular weight is 536 g/mol. The predicted octanol–water partition coefficient (Wildman–Crippen LogP) is 2.78. The van der Waals surface area contributed by atoms with Gasteiger partial charge in [-0.15, -0.1) is 24.0 Å². The van der Waals surface area contributed by atoms with Crippen LogP contribution >= 0.6 is 24.0 Å². The highest BCUT2D eigenvalue weighted by molar-refractivity contribution is 14.0. The van der Waals surface area contributed by atoms with Crippen LogP contribution in [0.2, 0.25) is 0 Å². The number of guanidine groups is 1. The van der Waals surface area contributed by atoms with E-state index in [0.29, 0.717) is 31.2 Å². The Hall–Kier alpha value is -2.20. The van der Waals surface area contributed by atoms with E-state index in [1.807, 2.05) is 0 Å². The maximum atomic E-state index is 12.0. The maximum absolute atomic E-state index is 12.0. The van der Waals surface area contributed by atoms with E-state index in [-0.39, 0.29) is 29.9 Å². The van der Waals surface area contributed by atoms with Gasteiger partial charge in [0, 0.05) is 45.6 Å². The molecule has 8 heteroatoms. The van der Waals surface area contributed by atoms with Gasteiger partial charge in [0.05, 0.1) is 5.56 Å². The number of amides is 1. The third-order valence-corrected chi connectivity index (χ3v) is 5.19. The molecular weight excluding hydrogens is 503 g/mol. The van der Waals surface area contributed by atoms with Gasteiger partial charge in [-0.2, -0.15) is 0 Å². The molecule has 0 saturated carbocycles. The summed E-state index contributed by atoms with van der Waals surface area (Å²) in [6.45, 7) is 5.26. The Kier molecular flexibility index (Phi) is 11.3. The molecule has 1 aliphatic rings. The molecule has 0 atom stereocenters. The van der Waals surface area contributed by atoms with Gasteiger partial charge >= 0.3 is 0 Å². The molecule has 0 spiro atoms. The van der Waals surface area contributed by atoms with Crippen molar-refractivity contribution in [1.29, 1.82) is 0 Å². The highest BCUT2D eigenvalue weighted by atomic mass is 127. The molecule has 168 valence electrons. The Morgan fingerprint density at radius 1 is 1.00 bits per heavy atom. The molecule has 0 unspecified atom stereocenters. The van der Waals surface area contributed by atoms with Gasteiger partial charge in [-0.25, -0.2) is 0 Å². The van der Waals surface area contributed by atoms with Gasteiger partial charge < -0.3 is 16.0 Å². The molecule has 1 saturated heterocycles. The fourth-order valence-electron chi connectivity index (χ4n) is 3.50. The summed E-state index contributed by atoms with van der Waals surface area (Å²) in [6, 6.07) is 12.3. The van der Waals surface area contributed by atoms with Crippen LogP contribution in [0.15, 0.2) is 53.8 Å². The highest BCUT2D eigenvalue weighted by Gasteiger charge is 2.10. The largest absolute Gasteiger partial charge is 0.355 e. The zero-order chi connectivity index (χ0) is 21.0. The molecule has 1 fully saturated rings. The Balaban J connectivity index is 0.00000341. The van der Waals surface area contributed by atoms with E-state index in [2.05, 4.69) is 55.1 Å². The van der Waals surface area contributed by atoms with Crippen LogP contribution in [0.5, 0.6) is 0 Å². The second-order valence-electron chi connectivity index (χ2n) is 7.50. The number of nitrogens with zero attached hydrogens (tertiary/aromatic N) is 3. The van der Waals surface area contributed by atoms with Crippen molar-refractivity contribution in [3.63, 3.8) is 0 Å². The number of benzene rings is 1. The lowest BCUT2D eigenvalue weighted by Crippen LogP contribution is -2.41. The number of piperidine rings is 1. The Labute approximate surface area is 202 Å². The summed E-state index contributed by atoms with van der Waals surface area (Å²) in [7, 11) is 1.74. The van der Waals surface area contributed by atoms with Crippen LogP contribution < -0.4 is 16.0 Å². The summed E-state index contributed by atoms with van der Waals surface area (Å²) in [5.74, 6) is 0.584. The number of halogens is 1. The first-order chi connectivity index (χ1) is 14.7. The van der Waals surface area contributed by atoms with Crippen molar-refractivity contribution >= 4 is 35.8 Å². The molecule has 1 amide bonds. The molecular formula is C23H33IN6O. The normalized spacial score (nSPS) is 14.4. The van der Waals surface area contributed by atoms with E-state index in [0.717, 1.165) is 6.54 Å². The van der Waals surface area contributed by atoms with Crippen LogP contribution in [0.4, 0.5) is 0 Å². The maximum Gasteiger partial charge on any atom is 0.252 e. The van der Waals surface area contributed by atoms with Crippen LogP contribution in [0.3, 0.4) is 0 Å². The molecule has 0 bridgehead atoms. The molecule has 2 aromatic rings. The number of likely N-dealkylation sites (tertiary alicyclic amines) is 1. The standard InChI is InChI=1S/C23H32N6O.HI/c1-24-23(27-13-12-26-22(30)21-6-5-11-25-17-21)28-16-19-7-9-20(10-8-19)18-29-14-3-2-4-15-29;/h5-11,17H,2-4,12-16,18H2,1H3,(H,26,30)(H2,24,27,28);1H. The van der Waals surface area contributed by atoms with Crippen molar-refractivity contribution < 1.29 is 4.79 Å². The average Bonchev–Trinajstić information content (AvgIpc) is 2.80. The highest BCUT2D eigenvalue weighted by Crippen LogP contribution is 2.13. The number of carbonyl (C=O) groups is 1. The lowest BCUT2D eigenvalue weighted by Gasteiger charge is -2.26. The number of hydrogen-bond donors (Lipinski definition) is 3. The Morgan fingerprint density at radius 2 is 1.71 bits per heavy atom. The lowest BCUT2D eigenvalue weighted by atomic mass is 10.1. The Morgan fingerprint density at radius 3 is 2.39 bits per heavy atom. The van der Waals surface area contributed by atoms with Crippen molar-refractivity contribution in [2.24, 2.45) is 4.99 Å². The SMILES string of the molecule is CN=C(NCCNC(=O)c1cccnc1)NCc1ccc(CN2CCCCC2)cc1.I. The van der Waals surface area contributed by atoms with Crippen molar-refractivity contribution in [1.82, 2.24) is 25.8 Å². The lowest BCUT2D eigenvalue weighted by molar-refractivity contribution is 0.0954. The van der Waals surface area contributed by atoms with E-state index in [1.54, 1.807) is 31.6 Å². The number of carbonyl (C=O) groups excluding carboxylic acids is 1. The van der Waals surface area contributed by atoms with Crippen LogP contribution in [0.25, 0.3) is 0 Å². The topological polar surface area (TPSA) is 81.6 Å². The first kappa shape index (κ1) is 25.1. The quantitative estimate of drug-likeness (QED) is 0.209. The third-order valence-electron chi connectivity index (χ3n) is 5.19. The van der Waals surface area contributed by atoms with Gasteiger partial charge in [0.15, 0.2) is 5.96 Å². The molecule has 1 aromatic heterocycles. The number of hydrogen-bond acceptors (Lipinski definition) is 4. The summed E-state index contributed by atoms with van der Waals surface area (Å²) in [4.78, 5) is 22.7. The van der Waals surface area contributed by atoms with Crippen molar-refractivity contribution in [3.8, 4) is 0 Å². The summed E-state index contributed by atoms with van der Waals surface area (Å²) >= 11 is 0. The van der Waals surface area contributed by atoms with Gasteiger partial charge in [-0.1, -0.05) is 30.7 Å². The molecule has 0 aliphatic carbocycles. The number of aromatic nitrogens is 1. The Bertz CT molecular complexity index is 807. The fourth-order valence-corrected chi connectivity index (χ4v) is 3.50. The minimum absolute atomic E-state index is 0. The molecule has 1 aromatic carbocycles. The molecule has 2 heterocycles. The fraction of sp³-hybridized carbons (Fsp3) is 0.435. The van der Waals surface area contributed by atoms with E-state index < -0.39 is 0 Å². The summed E-state index contributed by atoms with van der Waals surface area (Å²) in [6.07, 6.45) is 7.22. The minimum Gasteiger partial charge on any atom is -0.355 e. The molecule has 3 rings (SSSR count). The van der Waals surface area contributed by atoms with Crippen molar-refractivity contribution in [3.05, 3.63) is 65.5 Å². The van der Waals surface area contributed by atoms with E-state index in [4.69, 9.17) is 0 Å². The van der Waals surface area contributed by atoms with Gasteiger partial charge in [0.2, 0.25) is 0 Å². The number of aliphatic imine (C=N–C) groups is 1. The zero-order valence-corrected chi connectivity index (χ0v) is 20.5.